The molecule has 4 aromatic rings. The summed E-state index contributed by atoms with van der Waals surface area (Å²) in [6, 6.07) is 22.4. The van der Waals surface area contributed by atoms with Crippen LogP contribution in [0.2, 0.25) is 10.0 Å². The summed E-state index contributed by atoms with van der Waals surface area (Å²) in [5.74, 6) is 2.12. The van der Waals surface area contributed by atoms with Gasteiger partial charge in [0.05, 0.1) is 28.9 Å². The predicted octanol–water partition coefficient (Wildman–Crippen LogP) is 6.83. The molecule has 1 N–H and O–H groups in total. The number of nitrogens with one attached hydrogen (secondary N) is 1. The molecular formula is C25H19Cl2N3O2S. The largest absolute Gasteiger partial charge is 0.497 e. The molecule has 5 rings (SSSR count). The molecule has 0 aliphatic carbocycles. The number of rotatable bonds is 5. The molecule has 8 heteroatoms. The van der Waals surface area contributed by atoms with Gasteiger partial charge in [-0.25, -0.2) is 0 Å². The van der Waals surface area contributed by atoms with Gasteiger partial charge in [-0.1, -0.05) is 35.3 Å². The topological polar surface area (TPSA) is 50.5 Å². The predicted molar refractivity (Wildman–Crippen MR) is 135 cm³/mol. The van der Waals surface area contributed by atoms with E-state index in [1.165, 1.54) is 0 Å². The van der Waals surface area contributed by atoms with Gasteiger partial charge in [0.2, 0.25) is 0 Å². The molecule has 1 saturated heterocycles. The number of nitrogens with zero attached hydrogens (tertiary/aromatic N) is 2. The summed E-state index contributed by atoms with van der Waals surface area (Å²) >= 11 is 18.4. The number of hydrogen-bond donors (Lipinski definition) is 1. The van der Waals surface area contributed by atoms with Gasteiger partial charge in [0.15, 0.2) is 5.11 Å². The molecule has 0 bridgehead atoms. The zero-order valence-corrected chi connectivity index (χ0v) is 19.9. The lowest BCUT2D eigenvalue weighted by molar-refractivity contribution is 0.414. The maximum Gasteiger partial charge on any atom is 0.174 e. The molecule has 1 fully saturated rings. The smallest absolute Gasteiger partial charge is 0.174 e. The maximum absolute atomic E-state index is 6.44. The van der Waals surface area contributed by atoms with Crippen molar-refractivity contribution in [3.63, 3.8) is 0 Å². The number of anilines is 1. The second kappa shape index (κ2) is 9.06. The third kappa shape index (κ3) is 4.06. The van der Waals surface area contributed by atoms with E-state index in [1.54, 1.807) is 19.4 Å². The van der Waals surface area contributed by atoms with Crippen molar-refractivity contribution < 1.29 is 9.15 Å². The highest BCUT2D eigenvalue weighted by atomic mass is 35.5. The first-order valence-corrected chi connectivity index (χ1v) is 11.4. The van der Waals surface area contributed by atoms with Crippen LogP contribution in [0.1, 0.15) is 23.5 Å². The highest BCUT2D eigenvalue weighted by Gasteiger charge is 2.42. The number of aromatic nitrogens is 1. The Morgan fingerprint density at radius 2 is 1.82 bits per heavy atom. The van der Waals surface area contributed by atoms with Crippen LogP contribution in [0.15, 0.2) is 83.4 Å². The van der Waals surface area contributed by atoms with Crippen molar-refractivity contribution in [1.29, 1.82) is 0 Å². The molecule has 1 aliphatic heterocycles. The van der Waals surface area contributed by atoms with Gasteiger partial charge in [0.1, 0.15) is 23.3 Å². The molecule has 0 saturated carbocycles. The van der Waals surface area contributed by atoms with E-state index in [0.717, 1.165) is 28.5 Å². The Kier molecular flexibility index (Phi) is 5.98. The highest BCUT2D eigenvalue weighted by Crippen LogP contribution is 2.44. The van der Waals surface area contributed by atoms with Crippen LogP contribution < -0.4 is 15.0 Å². The lowest BCUT2D eigenvalue weighted by atomic mass is 10.0. The van der Waals surface area contributed by atoms with Crippen LogP contribution >= 0.6 is 35.4 Å². The standard InChI is InChI=1S/C25H19Cl2N3O2S/c1-31-16-10-8-15(9-11-16)30-24(23(29-25(30)33)19-7-2-3-14-28-19)21-13-12-20(32-21)17-5-4-6-18(26)22(17)27/h2-14,23-24H,1H3,(H,29,33)/t23-,24+/m1/s1. The van der Waals surface area contributed by atoms with Crippen LogP contribution in [0.4, 0.5) is 5.69 Å². The van der Waals surface area contributed by atoms with Gasteiger partial charge in [0.25, 0.3) is 0 Å². The van der Waals surface area contributed by atoms with Gasteiger partial charge in [-0.05, 0) is 72.9 Å². The van der Waals surface area contributed by atoms with E-state index in [0.29, 0.717) is 20.9 Å². The molecule has 33 heavy (non-hydrogen) atoms. The molecule has 5 nitrogen and oxygen atoms in total. The van der Waals surface area contributed by atoms with Crippen molar-refractivity contribution >= 4 is 46.2 Å². The number of thiocarbonyl (C=S) groups is 1. The SMILES string of the molecule is COc1ccc(N2C(=S)N[C@H](c3ccccn3)[C@@H]2c2ccc(-c3cccc(Cl)c3Cl)o2)cc1. The van der Waals surface area contributed by atoms with Crippen LogP contribution in [0, 0.1) is 0 Å². The number of furan rings is 1. The lowest BCUT2D eigenvalue weighted by Gasteiger charge is -2.26. The van der Waals surface area contributed by atoms with Crippen LogP contribution in [-0.2, 0) is 0 Å². The summed E-state index contributed by atoms with van der Waals surface area (Å²) in [6.07, 6.45) is 1.77. The summed E-state index contributed by atoms with van der Waals surface area (Å²) in [7, 11) is 1.64. The average Bonchev–Trinajstić information content (AvgIpc) is 3.46. The molecule has 0 radical (unpaired) electrons. The second-order valence-corrected chi connectivity index (χ2v) is 8.67. The Balaban J connectivity index is 1.60. The van der Waals surface area contributed by atoms with E-state index in [1.807, 2.05) is 71.6 Å². The Morgan fingerprint density at radius 1 is 1.00 bits per heavy atom. The average molecular weight is 496 g/mol. The van der Waals surface area contributed by atoms with Crippen LogP contribution in [0.25, 0.3) is 11.3 Å². The van der Waals surface area contributed by atoms with Crippen molar-refractivity contribution in [2.45, 2.75) is 12.1 Å². The van der Waals surface area contributed by atoms with Crippen molar-refractivity contribution in [3.8, 4) is 17.1 Å². The number of pyridine rings is 1. The minimum atomic E-state index is -0.271. The second-order valence-electron chi connectivity index (χ2n) is 7.50. The Morgan fingerprint density at radius 3 is 2.55 bits per heavy atom. The van der Waals surface area contributed by atoms with Gasteiger partial charge in [-0.2, -0.15) is 0 Å². The van der Waals surface area contributed by atoms with Crippen LogP contribution in [0.5, 0.6) is 5.75 Å². The van der Waals surface area contributed by atoms with E-state index in [-0.39, 0.29) is 12.1 Å². The number of hydrogen-bond acceptors (Lipinski definition) is 4. The maximum atomic E-state index is 6.44. The Labute approximate surface area is 206 Å². The monoisotopic (exact) mass is 495 g/mol. The summed E-state index contributed by atoms with van der Waals surface area (Å²) < 4.78 is 11.7. The molecule has 0 spiro atoms. The van der Waals surface area contributed by atoms with Crippen LogP contribution in [0.3, 0.4) is 0 Å². The third-order valence-electron chi connectivity index (χ3n) is 5.58. The summed E-state index contributed by atoms with van der Waals surface area (Å²) in [4.78, 5) is 6.61. The molecule has 0 amide bonds. The van der Waals surface area contributed by atoms with Gasteiger partial charge < -0.3 is 19.4 Å². The Hall–Kier alpha value is -3.06. The van der Waals surface area contributed by atoms with Crippen molar-refractivity contribution in [1.82, 2.24) is 10.3 Å². The molecular weight excluding hydrogens is 477 g/mol. The minimum Gasteiger partial charge on any atom is -0.497 e. The number of benzene rings is 2. The molecule has 0 unspecified atom stereocenters. The van der Waals surface area contributed by atoms with E-state index >= 15 is 0 Å². The van der Waals surface area contributed by atoms with Gasteiger partial charge in [-0.3, -0.25) is 4.98 Å². The number of methoxy groups -OCH3 is 1. The third-order valence-corrected chi connectivity index (χ3v) is 6.72. The first kappa shape index (κ1) is 21.8. The van der Waals surface area contributed by atoms with E-state index in [9.17, 15) is 0 Å². The molecule has 166 valence electrons. The number of halogens is 2. The zero-order valence-electron chi connectivity index (χ0n) is 17.5. The van der Waals surface area contributed by atoms with Crippen molar-refractivity contribution in [2.24, 2.45) is 0 Å². The molecule has 2 aromatic carbocycles. The van der Waals surface area contributed by atoms with Crippen molar-refractivity contribution in [2.75, 3.05) is 12.0 Å². The quantitative estimate of drug-likeness (QED) is 0.306. The zero-order chi connectivity index (χ0) is 22.9. The molecule has 2 aromatic heterocycles. The normalized spacial score (nSPS) is 17.8. The fourth-order valence-corrected chi connectivity index (χ4v) is 4.75. The Bertz CT molecular complexity index is 1290. The summed E-state index contributed by atoms with van der Waals surface area (Å²) in [5, 5.41) is 4.93. The fraction of sp³-hybridized carbons (Fsp3) is 0.120. The highest BCUT2D eigenvalue weighted by molar-refractivity contribution is 7.80. The van der Waals surface area contributed by atoms with Gasteiger partial charge >= 0.3 is 0 Å². The van der Waals surface area contributed by atoms with Gasteiger partial charge in [-0.15, -0.1) is 0 Å². The van der Waals surface area contributed by atoms with Crippen LogP contribution in [-0.4, -0.2) is 17.2 Å². The van der Waals surface area contributed by atoms with E-state index in [2.05, 4.69) is 10.3 Å². The van der Waals surface area contributed by atoms with Gasteiger partial charge in [0, 0.05) is 17.4 Å². The number of ether oxygens (including phenoxy) is 1. The molecule has 2 atom stereocenters. The first-order chi connectivity index (χ1) is 16.1. The molecule has 1 aliphatic rings. The first-order valence-electron chi connectivity index (χ1n) is 10.3. The summed E-state index contributed by atoms with van der Waals surface area (Å²) in [6.45, 7) is 0. The van der Waals surface area contributed by atoms with E-state index in [4.69, 9.17) is 44.6 Å². The minimum absolute atomic E-state index is 0.213. The fourth-order valence-electron chi connectivity index (χ4n) is 4.02. The lowest BCUT2D eigenvalue weighted by Crippen LogP contribution is -2.29. The van der Waals surface area contributed by atoms with E-state index < -0.39 is 0 Å². The summed E-state index contributed by atoms with van der Waals surface area (Å²) in [5.41, 5.74) is 2.50. The van der Waals surface area contributed by atoms with Crippen molar-refractivity contribution in [3.05, 3.63) is 100 Å². The molecule has 3 heterocycles.